The van der Waals surface area contributed by atoms with E-state index < -0.39 is 0 Å². The van der Waals surface area contributed by atoms with Gasteiger partial charge in [-0.05, 0) is 42.5 Å². The van der Waals surface area contributed by atoms with Crippen LogP contribution in [-0.2, 0) is 6.54 Å². The Morgan fingerprint density at radius 3 is 2.67 bits per heavy atom. The minimum atomic E-state index is 0.696. The molecule has 0 spiro atoms. The van der Waals surface area contributed by atoms with Gasteiger partial charge in [-0.2, -0.15) is 0 Å². The molecule has 1 aromatic heterocycles. The molecule has 0 saturated heterocycles. The highest BCUT2D eigenvalue weighted by molar-refractivity contribution is 5.83. The largest absolute Gasteiger partial charge is 0.497 e. The first-order valence-corrected chi connectivity index (χ1v) is 6.74. The van der Waals surface area contributed by atoms with E-state index in [4.69, 9.17) is 15.5 Å². The van der Waals surface area contributed by atoms with E-state index in [1.807, 2.05) is 48.5 Å². The Bertz CT molecular complexity index is 788. The van der Waals surface area contributed by atoms with Crippen molar-refractivity contribution in [3.63, 3.8) is 0 Å². The summed E-state index contributed by atoms with van der Waals surface area (Å²) in [5.41, 5.74) is 9.54. The summed E-state index contributed by atoms with van der Waals surface area (Å²) in [7, 11) is 1.66. The molecule has 0 saturated carbocycles. The van der Waals surface area contributed by atoms with E-state index in [1.54, 1.807) is 7.11 Å². The topological polar surface area (TPSA) is 53.1 Å². The highest BCUT2D eigenvalue weighted by Gasteiger charge is 2.12. The Kier molecular flexibility index (Phi) is 3.36. The second-order valence-electron chi connectivity index (χ2n) is 4.81. The number of ether oxygens (including phenoxy) is 1. The molecule has 0 fully saturated rings. The van der Waals surface area contributed by atoms with Gasteiger partial charge in [-0.3, -0.25) is 0 Å². The van der Waals surface area contributed by atoms with Gasteiger partial charge in [0.15, 0.2) is 0 Å². The molecule has 2 N–H and O–H groups in total. The molecule has 4 nitrogen and oxygen atoms in total. The van der Waals surface area contributed by atoms with Crippen LogP contribution in [0.3, 0.4) is 0 Å². The summed E-state index contributed by atoms with van der Waals surface area (Å²) < 4.78 is 7.33. The molecule has 0 radical (unpaired) electrons. The highest BCUT2D eigenvalue weighted by atomic mass is 16.5. The van der Waals surface area contributed by atoms with Crippen molar-refractivity contribution in [3.05, 3.63) is 55.1 Å². The van der Waals surface area contributed by atoms with Gasteiger partial charge in [-0.25, -0.2) is 4.98 Å². The Morgan fingerprint density at radius 1 is 1.24 bits per heavy atom. The summed E-state index contributed by atoms with van der Waals surface area (Å²) in [4.78, 5) is 4.71. The number of allylic oxidation sites excluding steroid dienone is 1. The Labute approximate surface area is 123 Å². The maximum Gasteiger partial charge on any atom is 0.141 e. The zero-order valence-corrected chi connectivity index (χ0v) is 11.9. The molecule has 0 atom stereocenters. The van der Waals surface area contributed by atoms with Crippen molar-refractivity contribution in [1.82, 2.24) is 9.55 Å². The Hall–Kier alpha value is -2.75. The van der Waals surface area contributed by atoms with Crippen LogP contribution in [0.2, 0.25) is 0 Å². The predicted octanol–water partition coefficient (Wildman–Crippen LogP) is 3.48. The summed E-state index contributed by atoms with van der Waals surface area (Å²) in [6.45, 7) is 4.52. The molecule has 0 aliphatic rings. The number of hydrogen-bond donors (Lipinski definition) is 1. The second-order valence-corrected chi connectivity index (χ2v) is 4.81. The second kappa shape index (κ2) is 5.32. The summed E-state index contributed by atoms with van der Waals surface area (Å²) >= 11 is 0. The summed E-state index contributed by atoms with van der Waals surface area (Å²) in [6.07, 6.45) is 1.87. The molecule has 0 aliphatic heterocycles. The van der Waals surface area contributed by atoms with Gasteiger partial charge in [-0.15, -0.1) is 6.58 Å². The lowest BCUT2D eigenvalue weighted by Crippen LogP contribution is -1.98. The molecule has 21 heavy (non-hydrogen) atoms. The van der Waals surface area contributed by atoms with Crippen molar-refractivity contribution < 1.29 is 4.74 Å². The quantitative estimate of drug-likeness (QED) is 0.587. The van der Waals surface area contributed by atoms with Gasteiger partial charge in [0.05, 0.1) is 18.1 Å². The van der Waals surface area contributed by atoms with Gasteiger partial charge in [0.25, 0.3) is 0 Å². The van der Waals surface area contributed by atoms with Crippen LogP contribution in [0.15, 0.2) is 55.1 Å². The fourth-order valence-corrected chi connectivity index (χ4v) is 2.42. The van der Waals surface area contributed by atoms with Crippen LogP contribution in [0.25, 0.3) is 22.4 Å². The van der Waals surface area contributed by atoms with Crippen LogP contribution in [0.5, 0.6) is 5.75 Å². The number of nitrogen functional groups attached to an aromatic ring is 1. The summed E-state index contributed by atoms with van der Waals surface area (Å²) in [5, 5.41) is 0. The van der Waals surface area contributed by atoms with E-state index in [9.17, 15) is 0 Å². The average Bonchev–Trinajstić information content (AvgIpc) is 2.85. The number of imidazole rings is 1. The summed E-state index contributed by atoms with van der Waals surface area (Å²) in [5.74, 6) is 1.73. The minimum Gasteiger partial charge on any atom is -0.497 e. The lowest BCUT2D eigenvalue weighted by Gasteiger charge is -2.07. The van der Waals surface area contributed by atoms with Gasteiger partial charge in [0.2, 0.25) is 0 Å². The maximum absolute atomic E-state index is 5.85. The van der Waals surface area contributed by atoms with E-state index in [-0.39, 0.29) is 0 Å². The molecule has 0 bridgehead atoms. The third-order valence-corrected chi connectivity index (χ3v) is 3.43. The molecule has 2 aromatic carbocycles. The van der Waals surface area contributed by atoms with Crippen molar-refractivity contribution in [2.24, 2.45) is 0 Å². The van der Waals surface area contributed by atoms with Crippen molar-refractivity contribution >= 4 is 16.7 Å². The van der Waals surface area contributed by atoms with Gasteiger partial charge in [-0.1, -0.05) is 6.08 Å². The zero-order chi connectivity index (χ0) is 14.8. The molecule has 4 heteroatoms. The van der Waals surface area contributed by atoms with Gasteiger partial charge >= 0.3 is 0 Å². The number of benzene rings is 2. The van der Waals surface area contributed by atoms with E-state index in [1.165, 1.54) is 0 Å². The molecule has 3 aromatic rings. The third-order valence-electron chi connectivity index (χ3n) is 3.43. The number of hydrogen-bond acceptors (Lipinski definition) is 3. The number of fused-ring (bicyclic) bond motifs is 1. The molecule has 0 amide bonds. The van der Waals surface area contributed by atoms with Crippen molar-refractivity contribution in [1.29, 1.82) is 0 Å². The van der Waals surface area contributed by atoms with Crippen LogP contribution in [0.4, 0.5) is 5.69 Å². The SMILES string of the molecule is C=CCn1c(-c2ccc(OC)cc2)nc2cc(N)ccc21. The van der Waals surface area contributed by atoms with E-state index >= 15 is 0 Å². The first-order valence-electron chi connectivity index (χ1n) is 6.74. The molecule has 106 valence electrons. The van der Waals surface area contributed by atoms with E-state index in [0.29, 0.717) is 12.2 Å². The van der Waals surface area contributed by atoms with Gasteiger partial charge in [0, 0.05) is 17.8 Å². The monoisotopic (exact) mass is 279 g/mol. The molecular formula is C17H17N3O. The third kappa shape index (κ3) is 2.36. The first-order chi connectivity index (χ1) is 10.2. The Morgan fingerprint density at radius 2 is 2.00 bits per heavy atom. The van der Waals surface area contributed by atoms with Crippen molar-refractivity contribution in [2.45, 2.75) is 6.54 Å². The normalized spacial score (nSPS) is 10.7. The van der Waals surface area contributed by atoms with Crippen molar-refractivity contribution in [2.75, 3.05) is 12.8 Å². The maximum atomic E-state index is 5.85. The molecular weight excluding hydrogens is 262 g/mol. The van der Waals surface area contributed by atoms with Crippen LogP contribution in [-0.4, -0.2) is 16.7 Å². The van der Waals surface area contributed by atoms with Crippen LogP contribution < -0.4 is 10.5 Å². The first kappa shape index (κ1) is 13.2. The van der Waals surface area contributed by atoms with E-state index in [2.05, 4.69) is 11.1 Å². The fourth-order valence-electron chi connectivity index (χ4n) is 2.42. The minimum absolute atomic E-state index is 0.696. The lowest BCUT2D eigenvalue weighted by molar-refractivity contribution is 0.415. The molecule has 0 aliphatic carbocycles. The number of aromatic nitrogens is 2. The predicted molar refractivity (Wildman–Crippen MR) is 86.3 cm³/mol. The molecule has 3 rings (SSSR count). The standard InChI is InChI=1S/C17H17N3O/c1-3-10-20-16-9-6-13(18)11-15(16)19-17(20)12-4-7-14(21-2)8-5-12/h3-9,11H,1,10,18H2,2H3. The van der Waals surface area contributed by atoms with E-state index in [0.717, 1.165) is 28.2 Å². The molecule has 1 heterocycles. The highest BCUT2D eigenvalue weighted by Crippen LogP contribution is 2.27. The number of methoxy groups -OCH3 is 1. The number of anilines is 1. The van der Waals surface area contributed by atoms with Gasteiger partial charge < -0.3 is 15.0 Å². The van der Waals surface area contributed by atoms with Crippen LogP contribution in [0.1, 0.15) is 0 Å². The lowest BCUT2D eigenvalue weighted by atomic mass is 10.2. The Balaban J connectivity index is 2.19. The zero-order valence-electron chi connectivity index (χ0n) is 11.9. The summed E-state index contributed by atoms with van der Waals surface area (Å²) in [6, 6.07) is 13.6. The fraction of sp³-hybridized carbons (Fsp3) is 0.118. The van der Waals surface area contributed by atoms with Crippen molar-refractivity contribution in [3.8, 4) is 17.1 Å². The van der Waals surface area contributed by atoms with Gasteiger partial charge in [0.1, 0.15) is 11.6 Å². The smallest absolute Gasteiger partial charge is 0.141 e. The number of rotatable bonds is 4. The van der Waals surface area contributed by atoms with Crippen LogP contribution in [0, 0.1) is 0 Å². The number of nitrogens with zero attached hydrogens (tertiary/aromatic N) is 2. The van der Waals surface area contributed by atoms with Crippen LogP contribution >= 0.6 is 0 Å². The average molecular weight is 279 g/mol. The molecule has 0 unspecified atom stereocenters. The number of nitrogens with two attached hydrogens (primary N) is 1.